The first kappa shape index (κ1) is 17.8. The van der Waals surface area contributed by atoms with E-state index >= 15 is 0 Å². The summed E-state index contributed by atoms with van der Waals surface area (Å²) in [6, 6.07) is 4.72. The Morgan fingerprint density at radius 1 is 1.30 bits per heavy atom. The third kappa shape index (κ3) is 4.47. The Balaban J connectivity index is 1.99. The summed E-state index contributed by atoms with van der Waals surface area (Å²) >= 11 is 3.24. The van der Waals surface area contributed by atoms with Gasteiger partial charge in [-0.25, -0.2) is 4.79 Å². The molecule has 5 nitrogen and oxygen atoms in total. The molecule has 0 radical (unpaired) electrons. The van der Waals surface area contributed by atoms with Gasteiger partial charge in [0.05, 0.1) is 0 Å². The van der Waals surface area contributed by atoms with Crippen LogP contribution in [0.5, 0.6) is 5.75 Å². The second-order valence-corrected chi connectivity index (χ2v) is 6.87. The molecule has 23 heavy (non-hydrogen) atoms. The molecule has 0 aromatic heterocycles. The molecule has 0 unspecified atom stereocenters. The smallest absolute Gasteiger partial charge is 0.342 e. The highest BCUT2D eigenvalue weighted by atomic mass is 79.9. The minimum Gasteiger partial charge on any atom is -0.507 e. The number of ether oxygens (including phenoxy) is 1. The fraction of sp³-hybridized carbons (Fsp3) is 0.529. The molecule has 1 aliphatic carbocycles. The predicted octanol–water partition coefficient (Wildman–Crippen LogP) is 3.49. The van der Waals surface area contributed by atoms with Gasteiger partial charge in [0.15, 0.2) is 6.10 Å². The Labute approximate surface area is 144 Å². The van der Waals surface area contributed by atoms with Gasteiger partial charge in [-0.1, -0.05) is 35.2 Å². The van der Waals surface area contributed by atoms with Gasteiger partial charge in [-0.15, -0.1) is 0 Å². The molecule has 2 rings (SSSR count). The van der Waals surface area contributed by atoms with Crippen molar-refractivity contribution in [3.8, 4) is 5.75 Å². The molecular weight excluding hydrogens is 362 g/mol. The van der Waals surface area contributed by atoms with Gasteiger partial charge in [0.2, 0.25) is 0 Å². The molecule has 1 saturated carbocycles. The van der Waals surface area contributed by atoms with Crippen molar-refractivity contribution in [1.29, 1.82) is 0 Å². The molecule has 6 heteroatoms. The lowest BCUT2D eigenvalue weighted by Crippen LogP contribution is -2.44. The van der Waals surface area contributed by atoms with Crippen molar-refractivity contribution in [3.63, 3.8) is 0 Å². The molecular formula is C17H22BrNO4. The number of hydrogen-bond acceptors (Lipinski definition) is 4. The summed E-state index contributed by atoms with van der Waals surface area (Å²) in [4.78, 5) is 26.3. The predicted molar refractivity (Wildman–Crippen MR) is 90.3 cm³/mol. The zero-order valence-corrected chi connectivity index (χ0v) is 15.0. The number of carbonyl (C=O) groups is 2. The highest BCUT2D eigenvalue weighted by molar-refractivity contribution is 9.10. The molecule has 0 spiro atoms. The van der Waals surface area contributed by atoms with Crippen LogP contribution in [0.3, 0.4) is 0 Å². The van der Waals surface area contributed by atoms with Crippen molar-refractivity contribution >= 4 is 27.8 Å². The van der Waals surface area contributed by atoms with Gasteiger partial charge in [-0.2, -0.15) is 0 Å². The standard InChI is InChI=1S/C17H22BrNO4/c1-11(16(21)19(2)13-6-4-3-5-7-13)23-17(22)14-10-12(18)8-9-15(14)20/h8-11,13,20H,3-7H2,1-2H3/t11-/m0/s1. The zero-order chi connectivity index (χ0) is 17.0. The van der Waals surface area contributed by atoms with Crippen LogP contribution in [0.1, 0.15) is 49.4 Å². The second kappa shape index (κ2) is 7.81. The third-order valence-corrected chi connectivity index (χ3v) is 4.77. The fourth-order valence-electron chi connectivity index (χ4n) is 2.88. The summed E-state index contributed by atoms with van der Waals surface area (Å²) in [5, 5.41) is 9.75. The Morgan fingerprint density at radius 2 is 1.96 bits per heavy atom. The maximum atomic E-state index is 12.4. The van der Waals surface area contributed by atoms with Gasteiger partial charge < -0.3 is 14.7 Å². The molecule has 0 aliphatic heterocycles. The minimum atomic E-state index is -0.882. The van der Waals surface area contributed by atoms with E-state index in [4.69, 9.17) is 4.74 Å². The number of aromatic hydroxyl groups is 1. The number of halogens is 1. The Kier molecular flexibility index (Phi) is 6.04. The number of phenolic OH excluding ortho intramolecular Hbond substituents is 1. The van der Waals surface area contributed by atoms with Crippen LogP contribution in [0.25, 0.3) is 0 Å². The molecule has 1 aliphatic rings. The van der Waals surface area contributed by atoms with Crippen LogP contribution in [-0.4, -0.2) is 41.1 Å². The second-order valence-electron chi connectivity index (χ2n) is 5.95. The van der Waals surface area contributed by atoms with Gasteiger partial charge >= 0.3 is 5.97 Å². The number of rotatable bonds is 4. The average molecular weight is 384 g/mol. The quantitative estimate of drug-likeness (QED) is 0.807. The van der Waals surface area contributed by atoms with Crippen LogP contribution < -0.4 is 0 Å². The van der Waals surface area contributed by atoms with Gasteiger partial charge in [-0.3, -0.25) is 4.79 Å². The average Bonchev–Trinajstić information content (AvgIpc) is 2.56. The molecule has 1 atom stereocenters. The highest BCUT2D eigenvalue weighted by Crippen LogP contribution is 2.24. The number of amides is 1. The van der Waals surface area contributed by atoms with Gasteiger partial charge in [0.1, 0.15) is 11.3 Å². The number of likely N-dealkylation sites (N-methyl/N-ethyl adjacent to an activating group) is 1. The van der Waals surface area contributed by atoms with Crippen molar-refractivity contribution in [2.75, 3.05) is 7.05 Å². The highest BCUT2D eigenvalue weighted by Gasteiger charge is 2.28. The van der Waals surface area contributed by atoms with Crippen molar-refractivity contribution in [1.82, 2.24) is 4.90 Å². The van der Waals surface area contributed by atoms with Crippen molar-refractivity contribution in [2.45, 2.75) is 51.2 Å². The number of carbonyl (C=O) groups excluding carboxylic acids is 2. The van der Waals surface area contributed by atoms with Crippen LogP contribution in [0, 0.1) is 0 Å². The molecule has 1 N–H and O–H groups in total. The van der Waals surface area contributed by atoms with E-state index in [1.54, 1.807) is 24.9 Å². The van der Waals surface area contributed by atoms with E-state index in [1.165, 1.54) is 18.6 Å². The molecule has 0 saturated heterocycles. The summed E-state index contributed by atoms with van der Waals surface area (Å²) in [6.07, 6.45) is 4.58. The normalized spacial score (nSPS) is 16.7. The summed E-state index contributed by atoms with van der Waals surface area (Å²) < 4.78 is 5.89. The van der Waals surface area contributed by atoms with Crippen LogP contribution in [0.4, 0.5) is 0 Å². The molecule has 0 heterocycles. The van der Waals surface area contributed by atoms with Crippen LogP contribution in [0.15, 0.2) is 22.7 Å². The SMILES string of the molecule is C[C@H](OC(=O)c1cc(Br)ccc1O)C(=O)N(C)C1CCCCC1. The van der Waals surface area contributed by atoms with Gasteiger partial charge in [0.25, 0.3) is 5.91 Å². The van der Waals surface area contributed by atoms with E-state index in [0.717, 1.165) is 25.7 Å². The molecule has 1 fully saturated rings. The van der Waals surface area contributed by atoms with Crippen molar-refractivity contribution in [2.24, 2.45) is 0 Å². The Hall–Kier alpha value is -1.56. The van der Waals surface area contributed by atoms with E-state index < -0.39 is 12.1 Å². The first-order valence-corrected chi connectivity index (χ1v) is 8.65. The van der Waals surface area contributed by atoms with E-state index in [1.807, 2.05) is 0 Å². The Morgan fingerprint density at radius 3 is 2.61 bits per heavy atom. The van der Waals surface area contributed by atoms with E-state index in [0.29, 0.717) is 4.47 Å². The van der Waals surface area contributed by atoms with Gasteiger partial charge in [0, 0.05) is 17.6 Å². The van der Waals surface area contributed by atoms with E-state index in [2.05, 4.69) is 15.9 Å². The van der Waals surface area contributed by atoms with E-state index in [-0.39, 0.29) is 23.3 Å². The van der Waals surface area contributed by atoms with Crippen molar-refractivity contribution in [3.05, 3.63) is 28.2 Å². The molecule has 126 valence electrons. The minimum absolute atomic E-state index is 0.0411. The monoisotopic (exact) mass is 383 g/mol. The van der Waals surface area contributed by atoms with Crippen LogP contribution in [-0.2, 0) is 9.53 Å². The number of esters is 1. The van der Waals surface area contributed by atoms with Crippen LogP contribution >= 0.6 is 15.9 Å². The maximum absolute atomic E-state index is 12.4. The first-order chi connectivity index (χ1) is 10.9. The lowest BCUT2D eigenvalue weighted by atomic mass is 9.94. The third-order valence-electron chi connectivity index (χ3n) is 4.28. The molecule has 1 aromatic rings. The molecule has 1 amide bonds. The summed E-state index contributed by atoms with van der Waals surface area (Å²) in [7, 11) is 1.76. The molecule has 1 aromatic carbocycles. The maximum Gasteiger partial charge on any atom is 0.342 e. The summed E-state index contributed by atoms with van der Waals surface area (Å²) in [5.41, 5.74) is 0.0411. The number of hydrogen-bond donors (Lipinski definition) is 1. The fourth-order valence-corrected chi connectivity index (χ4v) is 3.24. The summed E-state index contributed by atoms with van der Waals surface area (Å²) in [6.45, 7) is 1.56. The topological polar surface area (TPSA) is 66.8 Å². The van der Waals surface area contributed by atoms with Crippen LogP contribution in [0.2, 0.25) is 0 Å². The van der Waals surface area contributed by atoms with Crippen molar-refractivity contribution < 1.29 is 19.4 Å². The lowest BCUT2D eigenvalue weighted by molar-refractivity contribution is -0.141. The number of nitrogens with zero attached hydrogens (tertiary/aromatic N) is 1. The summed E-state index contributed by atoms with van der Waals surface area (Å²) in [5.74, 6) is -1.08. The Bertz CT molecular complexity index is 584. The number of phenols is 1. The van der Waals surface area contributed by atoms with E-state index in [9.17, 15) is 14.7 Å². The lowest BCUT2D eigenvalue weighted by Gasteiger charge is -2.32. The number of benzene rings is 1. The molecule has 0 bridgehead atoms. The first-order valence-electron chi connectivity index (χ1n) is 7.86. The zero-order valence-electron chi connectivity index (χ0n) is 13.4. The largest absolute Gasteiger partial charge is 0.507 e. The van der Waals surface area contributed by atoms with Gasteiger partial charge in [-0.05, 0) is 38.0 Å².